The van der Waals surface area contributed by atoms with E-state index >= 15 is 0 Å². The van der Waals surface area contributed by atoms with Gasteiger partial charge in [-0.15, -0.1) is 0 Å². The highest BCUT2D eigenvalue weighted by molar-refractivity contribution is 6.32. The average Bonchev–Trinajstić information content (AvgIpc) is 2.95. The molecule has 0 nitrogen and oxygen atoms in total. The first-order valence-corrected chi connectivity index (χ1v) is 7.92. The lowest BCUT2D eigenvalue weighted by atomic mass is 9.92. The van der Waals surface area contributed by atoms with Gasteiger partial charge in [0.1, 0.15) is 0 Å². The summed E-state index contributed by atoms with van der Waals surface area (Å²) in [4.78, 5) is 0. The van der Waals surface area contributed by atoms with E-state index < -0.39 is 0 Å². The van der Waals surface area contributed by atoms with Crippen molar-refractivity contribution in [2.24, 2.45) is 0 Å². The first-order valence-electron chi connectivity index (χ1n) is 7.54. The normalized spacial score (nSPS) is 12.6. The van der Waals surface area contributed by atoms with E-state index in [-0.39, 0.29) is 0 Å². The number of fused-ring (bicyclic) bond motifs is 8. The lowest BCUT2D eigenvalue weighted by Crippen LogP contribution is -1.87. The van der Waals surface area contributed by atoms with Crippen LogP contribution in [0.1, 0.15) is 11.1 Å². The summed E-state index contributed by atoms with van der Waals surface area (Å²) < 4.78 is 0. The molecular formula is C21H13Cl. The van der Waals surface area contributed by atoms with Gasteiger partial charge in [0.15, 0.2) is 0 Å². The van der Waals surface area contributed by atoms with E-state index in [1.165, 1.54) is 43.8 Å². The molecule has 0 fully saturated rings. The lowest BCUT2D eigenvalue weighted by Gasteiger charge is -2.12. The van der Waals surface area contributed by atoms with E-state index in [1.54, 1.807) is 0 Å². The van der Waals surface area contributed by atoms with Crippen LogP contribution in [0.5, 0.6) is 0 Å². The fourth-order valence-electron chi connectivity index (χ4n) is 3.84. The van der Waals surface area contributed by atoms with E-state index in [0.29, 0.717) is 0 Å². The SMILES string of the molecule is Clc1ccc2c3c(c4ccccc4c2c1)Cc1ccccc1-3. The maximum absolute atomic E-state index is 6.27. The highest BCUT2D eigenvalue weighted by Gasteiger charge is 2.23. The van der Waals surface area contributed by atoms with Crippen LogP contribution in [-0.2, 0) is 6.42 Å². The van der Waals surface area contributed by atoms with Gasteiger partial charge in [-0.25, -0.2) is 0 Å². The molecule has 0 aromatic heterocycles. The van der Waals surface area contributed by atoms with Crippen LogP contribution in [0.15, 0.2) is 66.7 Å². The molecule has 4 aromatic carbocycles. The van der Waals surface area contributed by atoms with Crippen LogP contribution in [-0.4, -0.2) is 0 Å². The van der Waals surface area contributed by atoms with E-state index in [9.17, 15) is 0 Å². The third-order valence-corrected chi connectivity index (χ3v) is 4.98. The van der Waals surface area contributed by atoms with Gasteiger partial charge in [-0.2, -0.15) is 0 Å². The maximum Gasteiger partial charge on any atom is 0.0412 e. The van der Waals surface area contributed by atoms with Gasteiger partial charge < -0.3 is 0 Å². The van der Waals surface area contributed by atoms with Crippen LogP contribution in [0, 0.1) is 0 Å². The van der Waals surface area contributed by atoms with Gasteiger partial charge in [0, 0.05) is 5.02 Å². The van der Waals surface area contributed by atoms with Crippen molar-refractivity contribution in [3.05, 3.63) is 82.9 Å². The predicted octanol–water partition coefficient (Wildman–Crippen LogP) is 6.22. The van der Waals surface area contributed by atoms with Gasteiger partial charge in [-0.3, -0.25) is 0 Å². The van der Waals surface area contributed by atoms with Crippen molar-refractivity contribution in [2.75, 3.05) is 0 Å². The molecule has 0 heterocycles. The van der Waals surface area contributed by atoms with Crippen molar-refractivity contribution >= 4 is 33.1 Å². The zero-order valence-electron chi connectivity index (χ0n) is 11.9. The molecular weight excluding hydrogens is 288 g/mol. The molecule has 0 atom stereocenters. The molecule has 1 aliphatic rings. The fourth-order valence-corrected chi connectivity index (χ4v) is 4.01. The molecule has 0 radical (unpaired) electrons. The molecule has 0 bridgehead atoms. The molecule has 0 unspecified atom stereocenters. The van der Waals surface area contributed by atoms with Crippen molar-refractivity contribution in [3.63, 3.8) is 0 Å². The van der Waals surface area contributed by atoms with Gasteiger partial charge in [0.2, 0.25) is 0 Å². The summed E-state index contributed by atoms with van der Waals surface area (Å²) in [7, 11) is 0. The lowest BCUT2D eigenvalue weighted by molar-refractivity contribution is 1.29. The maximum atomic E-state index is 6.27. The Morgan fingerprint density at radius 2 is 1.45 bits per heavy atom. The summed E-state index contributed by atoms with van der Waals surface area (Å²) in [6.45, 7) is 0. The van der Waals surface area contributed by atoms with Crippen molar-refractivity contribution in [3.8, 4) is 11.1 Å². The molecule has 0 spiro atoms. The number of hydrogen-bond donors (Lipinski definition) is 0. The second-order valence-electron chi connectivity index (χ2n) is 5.92. The molecule has 22 heavy (non-hydrogen) atoms. The van der Waals surface area contributed by atoms with Crippen molar-refractivity contribution < 1.29 is 0 Å². The smallest absolute Gasteiger partial charge is 0.0412 e. The highest BCUT2D eigenvalue weighted by Crippen LogP contribution is 2.46. The first-order chi connectivity index (χ1) is 10.8. The molecule has 0 saturated carbocycles. The predicted molar refractivity (Wildman–Crippen MR) is 94.7 cm³/mol. The molecule has 0 saturated heterocycles. The zero-order chi connectivity index (χ0) is 14.7. The number of rotatable bonds is 0. The van der Waals surface area contributed by atoms with Crippen LogP contribution < -0.4 is 0 Å². The topological polar surface area (TPSA) is 0 Å². The third kappa shape index (κ3) is 1.53. The standard InChI is InChI=1S/C21H13Cl/c22-14-9-10-18-19(12-14)16-7-3-4-8-17(16)20-11-13-5-1-2-6-15(13)21(18)20/h1-10,12H,11H2. The summed E-state index contributed by atoms with van der Waals surface area (Å²) in [5.41, 5.74) is 5.63. The van der Waals surface area contributed by atoms with Gasteiger partial charge >= 0.3 is 0 Å². The Kier molecular flexibility index (Phi) is 2.42. The Balaban J connectivity index is 2.07. The van der Waals surface area contributed by atoms with Crippen molar-refractivity contribution in [2.45, 2.75) is 6.42 Å². The average molecular weight is 301 g/mol. The molecule has 1 aliphatic carbocycles. The molecule has 5 rings (SSSR count). The van der Waals surface area contributed by atoms with Crippen LogP contribution in [0.3, 0.4) is 0 Å². The summed E-state index contributed by atoms with van der Waals surface area (Å²) >= 11 is 6.27. The van der Waals surface area contributed by atoms with Crippen LogP contribution in [0.25, 0.3) is 32.7 Å². The minimum atomic E-state index is 0.795. The third-order valence-electron chi connectivity index (χ3n) is 4.75. The second kappa shape index (κ2) is 4.34. The highest BCUT2D eigenvalue weighted by atomic mass is 35.5. The fraction of sp³-hybridized carbons (Fsp3) is 0.0476. The molecule has 1 heteroatoms. The van der Waals surface area contributed by atoms with Gasteiger partial charge in [0.25, 0.3) is 0 Å². The molecule has 0 amide bonds. The first kappa shape index (κ1) is 12.3. The Bertz CT molecular complexity index is 1060. The summed E-state index contributed by atoms with van der Waals surface area (Å²) in [6, 6.07) is 23.7. The number of hydrogen-bond acceptors (Lipinski definition) is 0. The summed E-state index contributed by atoms with van der Waals surface area (Å²) in [5, 5.41) is 6.00. The van der Waals surface area contributed by atoms with E-state index in [1.807, 2.05) is 6.07 Å². The summed E-state index contributed by atoms with van der Waals surface area (Å²) in [5.74, 6) is 0. The number of halogens is 1. The summed E-state index contributed by atoms with van der Waals surface area (Å²) in [6.07, 6.45) is 1.02. The van der Waals surface area contributed by atoms with E-state index in [0.717, 1.165) is 11.4 Å². The monoisotopic (exact) mass is 300 g/mol. The van der Waals surface area contributed by atoms with Gasteiger partial charge in [0.05, 0.1) is 0 Å². The Labute approximate surface area is 134 Å². The largest absolute Gasteiger partial charge is 0.0843 e. The van der Waals surface area contributed by atoms with Crippen LogP contribution in [0.4, 0.5) is 0 Å². The minimum Gasteiger partial charge on any atom is -0.0843 e. The van der Waals surface area contributed by atoms with Gasteiger partial charge in [-0.1, -0.05) is 66.2 Å². The molecule has 0 aliphatic heterocycles. The van der Waals surface area contributed by atoms with Gasteiger partial charge in [-0.05, 0) is 62.4 Å². The van der Waals surface area contributed by atoms with Crippen molar-refractivity contribution in [1.82, 2.24) is 0 Å². The van der Waals surface area contributed by atoms with E-state index in [4.69, 9.17) is 11.6 Å². The van der Waals surface area contributed by atoms with Crippen molar-refractivity contribution in [1.29, 1.82) is 0 Å². The minimum absolute atomic E-state index is 0.795. The number of benzene rings is 4. The zero-order valence-corrected chi connectivity index (χ0v) is 12.7. The molecule has 104 valence electrons. The quantitative estimate of drug-likeness (QED) is 0.298. The Morgan fingerprint density at radius 1 is 0.682 bits per heavy atom. The second-order valence-corrected chi connectivity index (χ2v) is 6.36. The Morgan fingerprint density at radius 3 is 2.36 bits per heavy atom. The molecule has 0 N–H and O–H groups in total. The van der Waals surface area contributed by atoms with Crippen LogP contribution in [0.2, 0.25) is 5.02 Å². The molecule has 4 aromatic rings. The van der Waals surface area contributed by atoms with E-state index in [2.05, 4.69) is 60.7 Å². The Hall–Kier alpha value is -2.31. The van der Waals surface area contributed by atoms with Crippen LogP contribution >= 0.6 is 11.6 Å².